The van der Waals surface area contributed by atoms with Crippen molar-refractivity contribution in [1.29, 1.82) is 0 Å². The third-order valence-corrected chi connectivity index (χ3v) is 4.49. The summed E-state index contributed by atoms with van der Waals surface area (Å²) in [5.41, 5.74) is 3.76. The van der Waals surface area contributed by atoms with Crippen molar-refractivity contribution in [2.24, 2.45) is 10.4 Å². The minimum absolute atomic E-state index is 0. The van der Waals surface area contributed by atoms with Crippen molar-refractivity contribution in [1.82, 2.24) is 20.4 Å². The van der Waals surface area contributed by atoms with E-state index in [1.807, 2.05) is 11.6 Å². The number of aliphatic imine (C=N–C) groups is 1. The van der Waals surface area contributed by atoms with Crippen molar-refractivity contribution in [2.75, 3.05) is 20.3 Å². The molecule has 0 aliphatic heterocycles. The van der Waals surface area contributed by atoms with Gasteiger partial charge in [0.2, 0.25) is 0 Å². The van der Waals surface area contributed by atoms with E-state index in [4.69, 9.17) is 9.73 Å². The number of methoxy groups -OCH3 is 1. The molecule has 27 heavy (non-hydrogen) atoms. The van der Waals surface area contributed by atoms with Crippen LogP contribution in [0.3, 0.4) is 0 Å². The lowest BCUT2D eigenvalue weighted by Gasteiger charge is -2.23. The number of hydrogen-bond donors (Lipinski definition) is 2. The van der Waals surface area contributed by atoms with Gasteiger partial charge in [-0.2, -0.15) is 5.10 Å². The van der Waals surface area contributed by atoms with Gasteiger partial charge < -0.3 is 15.4 Å². The van der Waals surface area contributed by atoms with E-state index < -0.39 is 0 Å². The molecule has 1 aromatic heterocycles. The van der Waals surface area contributed by atoms with Gasteiger partial charge in [-0.15, -0.1) is 24.0 Å². The van der Waals surface area contributed by atoms with Crippen LogP contribution >= 0.6 is 24.0 Å². The summed E-state index contributed by atoms with van der Waals surface area (Å²) in [5.74, 6) is 0.873. The molecule has 6 nitrogen and oxygen atoms in total. The Balaban J connectivity index is 0.00000676. The van der Waals surface area contributed by atoms with E-state index >= 15 is 0 Å². The second kappa shape index (κ2) is 12.6. The summed E-state index contributed by atoms with van der Waals surface area (Å²) in [6, 6.07) is 0.388. The Bertz CT molecular complexity index is 578. The van der Waals surface area contributed by atoms with Crippen molar-refractivity contribution in [3.05, 3.63) is 17.0 Å². The van der Waals surface area contributed by atoms with Crippen LogP contribution in [0, 0.1) is 19.3 Å². The molecule has 0 aromatic carbocycles. The van der Waals surface area contributed by atoms with Gasteiger partial charge in [-0.3, -0.25) is 4.68 Å². The summed E-state index contributed by atoms with van der Waals surface area (Å²) in [5, 5.41) is 11.5. The molecule has 1 unspecified atom stereocenters. The first-order valence-electron chi connectivity index (χ1n) is 9.74. The zero-order valence-electron chi connectivity index (χ0n) is 18.5. The summed E-state index contributed by atoms with van der Waals surface area (Å²) >= 11 is 0. The average Bonchev–Trinajstić information content (AvgIpc) is 2.82. The first-order chi connectivity index (χ1) is 12.2. The number of nitrogens with one attached hydrogen (secondary N) is 2. The predicted molar refractivity (Wildman–Crippen MR) is 125 cm³/mol. The molecule has 0 amide bonds. The van der Waals surface area contributed by atoms with E-state index in [1.165, 1.54) is 17.7 Å². The summed E-state index contributed by atoms with van der Waals surface area (Å²) in [6.45, 7) is 18.2. The van der Waals surface area contributed by atoms with Crippen molar-refractivity contribution in [3.8, 4) is 0 Å². The molecule has 0 fully saturated rings. The lowest BCUT2D eigenvalue weighted by atomic mass is 9.89. The molecule has 1 atom stereocenters. The fourth-order valence-electron chi connectivity index (χ4n) is 2.79. The minimum atomic E-state index is 0. The maximum Gasteiger partial charge on any atom is 0.191 e. The van der Waals surface area contributed by atoms with Crippen LogP contribution in [0.5, 0.6) is 0 Å². The van der Waals surface area contributed by atoms with Crippen LogP contribution in [-0.4, -0.2) is 42.0 Å². The summed E-state index contributed by atoms with van der Waals surface area (Å²) < 4.78 is 7.17. The normalized spacial score (nSPS) is 13.3. The fourth-order valence-corrected chi connectivity index (χ4v) is 2.79. The van der Waals surface area contributed by atoms with E-state index in [0.29, 0.717) is 24.6 Å². The highest BCUT2D eigenvalue weighted by Crippen LogP contribution is 2.21. The zero-order chi connectivity index (χ0) is 19.7. The molecule has 1 rings (SSSR count). The third-order valence-electron chi connectivity index (χ3n) is 4.49. The van der Waals surface area contributed by atoms with Gasteiger partial charge in [-0.25, -0.2) is 4.99 Å². The van der Waals surface area contributed by atoms with Crippen LogP contribution in [0.1, 0.15) is 64.4 Å². The molecule has 2 N–H and O–H groups in total. The molecule has 1 heterocycles. The number of aryl methyl sites for hydroxylation is 1. The minimum Gasteiger partial charge on any atom is -0.383 e. The zero-order valence-corrected chi connectivity index (χ0v) is 20.8. The van der Waals surface area contributed by atoms with Crippen LogP contribution in [0.4, 0.5) is 0 Å². The van der Waals surface area contributed by atoms with Crippen LogP contribution in [0.15, 0.2) is 4.99 Å². The standard InChI is InChI=1S/C20H39N5O.HI/c1-9-21-19(23-15(2)10-11-20(5,6)7)22-14-18-16(3)24-25(17(18)4)12-13-26-8;/h15H,9-14H2,1-8H3,(H2,21,22,23);1H. The van der Waals surface area contributed by atoms with Gasteiger partial charge in [-0.05, 0) is 46.0 Å². The van der Waals surface area contributed by atoms with E-state index in [9.17, 15) is 0 Å². The number of rotatable bonds is 9. The second-order valence-corrected chi connectivity index (χ2v) is 8.21. The Kier molecular flexibility index (Phi) is 12.2. The molecule has 1 aromatic rings. The van der Waals surface area contributed by atoms with E-state index in [-0.39, 0.29) is 24.0 Å². The Morgan fingerprint density at radius 1 is 1.30 bits per heavy atom. The maximum absolute atomic E-state index is 5.16. The molecule has 7 heteroatoms. The van der Waals surface area contributed by atoms with E-state index in [0.717, 1.165) is 31.2 Å². The number of nitrogens with zero attached hydrogens (tertiary/aromatic N) is 3. The molecule has 0 radical (unpaired) electrons. The van der Waals surface area contributed by atoms with Gasteiger partial charge in [-0.1, -0.05) is 20.8 Å². The molecule has 0 aliphatic rings. The van der Waals surface area contributed by atoms with Gasteiger partial charge in [0, 0.05) is 31.0 Å². The molecule has 0 aliphatic carbocycles. The molecule has 0 saturated carbocycles. The van der Waals surface area contributed by atoms with Crippen molar-refractivity contribution < 1.29 is 4.74 Å². The smallest absolute Gasteiger partial charge is 0.191 e. The van der Waals surface area contributed by atoms with Crippen molar-refractivity contribution in [3.63, 3.8) is 0 Å². The molecule has 0 saturated heterocycles. The van der Waals surface area contributed by atoms with Crippen LogP contribution < -0.4 is 10.6 Å². The first-order valence-corrected chi connectivity index (χ1v) is 9.74. The Morgan fingerprint density at radius 2 is 1.96 bits per heavy atom. The molecule has 158 valence electrons. The summed E-state index contributed by atoms with van der Waals surface area (Å²) in [6.07, 6.45) is 2.31. The second-order valence-electron chi connectivity index (χ2n) is 8.21. The maximum atomic E-state index is 5.16. The largest absolute Gasteiger partial charge is 0.383 e. The molecule has 0 bridgehead atoms. The summed E-state index contributed by atoms with van der Waals surface area (Å²) in [4.78, 5) is 4.79. The molecule has 0 spiro atoms. The molecular formula is C20H40IN5O. The Morgan fingerprint density at radius 3 is 2.52 bits per heavy atom. The number of guanidine groups is 1. The van der Waals surface area contributed by atoms with Gasteiger partial charge in [0.15, 0.2) is 5.96 Å². The number of hydrogen-bond acceptors (Lipinski definition) is 3. The Labute approximate surface area is 182 Å². The van der Waals surface area contributed by atoms with Crippen LogP contribution in [0.2, 0.25) is 0 Å². The highest BCUT2D eigenvalue weighted by atomic mass is 127. The van der Waals surface area contributed by atoms with Gasteiger partial charge in [0.25, 0.3) is 0 Å². The average molecular weight is 493 g/mol. The highest BCUT2D eigenvalue weighted by molar-refractivity contribution is 14.0. The van der Waals surface area contributed by atoms with E-state index in [2.05, 4.69) is 57.3 Å². The van der Waals surface area contributed by atoms with Crippen molar-refractivity contribution >= 4 is 29.9 Å². The summed E-state index contributed by atoms with van der Waals surface area (Å²) in [7, 11) is 1.71. The lowest BCUT2D eigenvalue weighted by Crippen LogP contribution is -2.42. The van der Waals surface area contributed by atoms with E-state index in [1.54, 1.807) is 7.11 Å². The monoisotopic (exact) mass is 493 g/mol. The van der Waals surface area contributed by atoms with Crippen molar-refractivity contribution in [2.45, 2.75) is 80.4 Å². The van der Waals surface area contributed by atoms with Gasteiger partial charge >= 0.3 is 0 Å². The number of ether oxygens (including phenoxy) is 1. The SMILES string of the molecule is CCNC(=NCc1c(C)nn(CCOC)c1C)NC(C)CCC(C)(C)C.I. The Hall–Kier alpha value is -0.830. The van der Waals surface area contributed by atoms with Crippen LogP contribution in [0.25, 0.3) is 0 Å². The fraction of sp³-hybridized carbons (Fsp3) is 0.800. The van der Waals surface area contributed by atoms with Crippen LogP contribution in [-0.2, 0) is 17.8 Å². The number of aromatic nitrogens is 2. The highest BCUT2D eigenvalue weighted by Gasteiger charge is 2.14. The number of halogens is 1. The molecular weight excluding hydrogens is 453 g/mol. The first kappa shape index (κ1) is 26.2. The van der Waals surface area contributed by atoms with Gasteiger partial charge in [0.1, 0.15) is 0 Å². The van der Waals surface area contributed by atoms with Gasteiger partial charge in [0.05, 0.1) is 25.4 Å². The third kappa shape index (κ3) is 9.78. The topological polar surface area (TPSA) is 63.5 Å². The lowest BCUT2D eigenvalue weighted by molar-refractivity contribution is 0.182. The quantitative estimate of drug-likeness (QED) is 0.310. The predicted octanol–water partition coefficient (Wildman–Crippen LogP) is 4.03.